The van der Waals surface area contributed by atoms with Crippen LogP contribution in [0, 0.1) is 0 Å². The van der Waals surface area contributed by atoms with Gasteiger partial charge in [-0.25, -0.2) is 4.79 Å². The number of hydrogen-bond acceptors (Lipinski definition) is 5. The lowest BCUT2D eigenvalue weighted by molar-refractivity contribution is 0.0513. The molecule has 2 heterocycles. The van der Waals surface area contributed by atoms with E-state index in [2.05, 4.69) is 10.1 Å². The molecule has 5 rings (SSSR count). The van der Waals surface area contributed by atoms with Gasteiger partial charge in [0.2, 0.25) is 0 Å². The van der Waals surface area contributed by atoms with Crippen molar-refractivity contribution in [1.29, 1.82) is 0 Å². The first-order valence-corrected chi connectivity index (χ1v) is 11.9. The molecule has 1 amide bonds. The Balaban J connectivity index is 1.33. The quantitative estimate of drug-likeness (QED) is 0.556. The van der Waals surface area contributed by atoms with E-state index >= 15 is 0 Å². The molecule has 0 aliphatic heterocycles. The molecule has 1 saturated carbocycles. The molecule has 7 heteroatoms. The molecule has 1 aromatic carbocycles. The average molecular weight is 459 g/mol. The van der Waals surface area contributed by atoms with Crippen LogP contribution in [-0.4, -0.2) is 49.3 Å². The van der Waals surface area contributed by atoms with Crippen LogP contribution in [0.25, 0.3) is 11.3 Å². The summed E-state index contributed by atoms with van der Waals surface area (Å²) in [6.45, 7) is 5.51. The van der Waals surface area contributed by atoms with Gasteiger partial charge in [-0.3, -0.25) is 9.78 Å². The molecule has 2 aromatic heterocycles. The minimum absolute atomic E-state index is 0.0302. The number of aryl methyl sites for hydroxylation is 1. The molecular formula is C27H30N4O3. The van der Waals surface area contributed by atoms with Crippen LogP contribution in [0.3, 0.4) is 0 Å². The summed E-state index contributed by atoms with van der Waals surface area (Å²) in [7, 11) is 0. The van der Waals surface area contributed by atoms with E-state index in [1.54, 1.807) is 12.4 Å². The highest BCUT2D eigenvalue weighted by molar-refractivity contribution is 5.95. The van der Waals surface area contributed by atoms with Gasteiger partial charge >= 0.3 is 6.09 Å². The third kappa shape index (κ3) is 4.74. The fourth-order valence-corrected chi connectivity index (χ4v) is 4.56. The number of fused-ring (bicyclic) bond motifs is 1. The number of rotatable bonds is 4. The van der Waals surface area contributed by atoms with Crippen molar-refractivity contribution in [2.24, 2.45) is 0 Å². The molecule has 1 unspecified atom stereocenters. The van der Waals surface area contributed by atoms with Crippen molar-refractivity contribution in [3.63, 3.8) is 0 Å². The van der Waals surface area contributed by atoms with Crippen LogP contribution in [0.15, 0.2) is 54.9 Å². The van der Waals surface area contributed by atoms with E-state index < -0.39 is 11.7 Å². The zero-order valence-electron chi connectivity index (χ0n) is 19.9. The zero-order valence-corrected chi connectivity index (χ0v) is 19.9. The lowest BCUT2D eigenvalue weighted by Crippen LogP contribution is -2.44. The van der Waals surface area contributed by atoms with Crippen molar-refractivity contribution in [2.75, 3.05) is 0 Å². The highest BCUT2D eigenvalue weighted by atomic mass is 16.6. The zero-order chi connectivity index (χ0) is 23.9. The van der Waals surface area contributed by atoms with E-state index in [4.69, 9.17) is 4.74 Å². The number of amides is 1. The highest BCUT2D eigenvalue weighted by Gasteiger charge is 2.39. The molecular weight excluding hydrogens is 428 g/mol. The molecule has 34 heavy (non-hydrogen) atoms. The number of aromatic nitrogens is 3. The van der Waals surface area contributed by atoms with Crippen molar-refractivity contribution in [1.82, 2.24) is 19.7 Å². The topological polar surface area (TPSA) is 77.3 Å². The van der Waals surface area contributed by atoms with Crippen LogP contribution >= 0.6 is 0 Å². The first kappa shape index (κ1) is 22.3. The Bertz CT molecular complexity index is 1190. The second kappa shape index (κ2) is 8.70. The lowest BCUT2D eigenvalue weighted by Gasteiger charge is -2.34. The monoisotopic (exact) mass is 458 g/mol. The van der Waals surface area contributed by atoms with Crippen molar-refractivity contribution in [3.05, 3.63) is 71.7 Å². The molecule has 2 aliphatic rings. The summed E-state index contributed by atoms with van der Waals surface area (Å²) in [4.78, 5) is 32.6. The Kier molecular flexibility index (Phi) is 5.71. The van der Waals surface area contributed by atoms with E-state index in [1.165, 1.54) is 4.68 Å². The maximum absolute atomic E-state index is 13.5. The van der Waals surface area contributed by atoms with Crippen LogP contribution in [0.2, 0.25) is 0 Å². The summed E-state index contributed by atoms with van der Waals surface area (Å²) < 4.78 is 6.75. The van der Waals surface area contributed by atoms with Gasteiger partial charge in [-0.15, -0.1) is 0 Å². The van der Waals surface area contributed by atoms with Crippen LogP contribution < -0.4 is 0 Å². The number of carbonyl (C=O) groups is 2. The highest BCUT2D eigenvalue weighted by Crippen LogP contribution is 2.35. The summed E-state index contributed by atoms with van der Waals surface area (Å²) in [6, 6.07) is 14.1. The van der Waals surface area contributed by atoms with Gasteiger partial charge in [0.15, 0.2) is 0 Å². The molecule has 7 nitrogen and oxygen atoms in total. The Labute approximate surface area is 199 Å². The number of carbonyl (C=O) groups excluding carboxylic acids is 2. The maximum Gasteiger partial charge on any atom is 0.435 e. The van der Waals surface area contributed by atoms with Gasteiger partial charge in [-0.05, 0) is 70.6 Å². The second-order valence-electron chi connectivity index (χ2n) is 10.2. The fraction of sp³-hybridized carbons (Fsp3) is 0.407. The van der Waals surface area contributed by atoms with E-state index in [1.807, 2.05) is 68.1 Å². The Hall–Kier alpha value is -3.48. The number of pyridine rings is 1. The standard InChI is InChI=1S/C27H30N4O3/c1-27(2,3)34-26(33)30-17-20-15-22(12-14-24(20)29-30)31(21-10-11-21)25(32)19-9-13-23(28-16-19)18-7-5-4-6-8-18/h4-9,13,16-17,21-22H,10-12,14-15H2,1-3H3. The molecule has 0 radical (unpaired) electrons. The SMILES string of the molecule is CC(C)(C)OC(=O)n1cc2c(n1)CCC(N(C(=O)c1ccc(-c3ccccc3)nc1)C1CC1)C2. The summed E-state index contributed by atoms with van der Waals surface area (Å²) in [5.74, 6) is 0.0302. The third-order valence-electron chi connectivity index (χ3n) is 6.28. The Morgan fingerprint density at radius 1 is 1.03 bits per heavy atom. The van der Waals surface area contributed by atoms with Crippen molar-refractivity contribution < 1.29 is 14.3 Å². The van der Waals surface area contributed by atoms with Crippen molar-refractivity contribution in [3.8, 4) is 11.3 Å². The number of ether oxygens (including phenoxy) is 1. The van der Waals surface area contributed by atoms with Crippen LogP contribution in [0.5, 0.6) is 0 Å². The Morgan fingerprint density at radius 3 is 2.44 bits per heavy atom. The van der Waals surface area contributed by atoms with Gasteiger partial charge in [0.1, 0.15) is 5.60 Å². The van der Waals surface area contributed by atoms with Gasteiger partial charge in [-0.2, -0.15) is 9.78 Å². The number of hydrogen-bond donors (Lipinski definition) is 0. The average Bonchev–Trinajstić information content (AvgIpc) is 3.55. The molecule has 1 fully saturated rings. The lowest BCUT2D eigenvalue weighted by atomic mass is 9.92. The Morgan fingerprint density at radius 2 is 1.79 bits per heavy atom. The van der Waals surface area contributed by atoms with Crippen molar-refractivity contribution in [2.45, 2.75) is 70.6 Å². The van der Waals surface area contributed by atoms with E-state index in [0.29, 0.717) is 12.0 Å². The van der Waals surface area contributed by atoms with Crippen LogP contribution in [0.4, 0.5) is 4.79 Å². The van der Waals surface area contributed by atoms with Gasteiger partial charge in [0, 0.05) is 30.0 Å². The first-order chi connectivity index (χ1) is 16.3. The largest absolute Gasteiger partial charge is 0.442 e. The van der Waals surface area contributed by atoms with Gasteiger partial charge in [-0.1, -0.05) is 30.3 Å². The fourth-order valence-electron chi connectivity index (χ4n) is 4.56. The number of nitrogens with zero attached hydrogens (tertiary/aromatic N) is 4. The summed E-state index contributed by atoms with van der Waals surface area (Å²) in [5.41, 5.74) is 3.85. The van der Waals surface area contributed by atoms with Gasteiger partial charge < -0.3 is 9.64 Å². The van der Waals surface area contributed by atoms with Gasteiger partial charge in [0.25, 0.3) is 5.91 Å². The van der Waals surface area contributed by atoms with E-state index in [-0.39, 0.29) is 18.0 Å². The summed E-state index contributed by atoms with van der Waals surface area (Å²) in [6.07, 6.45) is 7.29. The molecule has 2 aliphatic carbocycles. The minimum Gasteiger partial charge on any atom is -0.442 e. The van der Waals surface area contributed by atoms with Crippen LogP contribution in [0.1, 0.15) is 61.6 Å². The molecule has 0 bridgehead atoms. The predicted molar refractivity (Wildman–Crippen MR) is 129 cm³/mol. The maximum atomic E-state index is 13.5. The number of benzene rings is 1. The molecule has 3 aromatic rings. The van der Waals surface area contributed by atoms with E-state index in [0.717, 1.165) is 48.2 Å². The molecule has 176 valence electrons. The summed E-state index contributed by atoms with van der Waals surface area (Å²) >= 11 is 0. The minimum atomic E-state index is -0.578. The van der Waals surface area contributed by atoms with E-state index in [9.17, 15) is 9.59 Å². The second-order valence-corrected chi connectivity index (χ2v) is 10.2. The van der Waals surface area contributed by atoms with Gasteiger partial charge in [0.05, 0.1) is 17.0 Å². The van der Waals surface area contributed by atoms with Crippen LogP contribution in [-0.2, 0) is 17.6 Å². The predicted octanol–water partition coefficient (Wildman–Crippen LogP) is 4.89. The smallest absolute Gasteiger partial charge is 0.435 e. The normalized spacial score (nSPS) is 17.7. The summed E-state index contributed by atoms with van der Waals surface area (Å²) in [5, 5.41) is 4.46. The van der Waals surface area contributed by atoms with Crippen molar-refractivity contribution >= 4 is 12.0 Å². The molecule has 1 atom stereocenters. The molecule has 0 saturated heterocycles. The molecule has 0 spiro atoms. The molecule has 0 N–H and O–H groups in total. The third-order valence-corrected chi connectivity index (χ3v) is 6.28. The first-order valence-electron chi connectivity index (χ1n) is 11.9.